The van der Waals surface area contributed by atoms with Gasteiger partial charge in [-0.15, -0.1) is 0 Å². The molecule has 0 radical (unpaired) electrons. The molecule has 2 rings (SSSR count). The van der Waals surface area contributed by atoms with Crippen molar-refractivity contribution in [3.05, 3.63) is 46.7 Å². The molecule has 1 aromatic heterocycles. The second kappa shape index (κ2) is 5.20. The number of imidazole rings is 1. The van der Waals surface area contributed by atoms with Crippen molar-refractivity contribution in [3.63, 3.8) is 0 Å². The van der Waals surface area contributed by atoms with Gasteiger partial charge in [-0.1, -0.05) is 29.8 Å². The molecule has 0 spiro atoms. The highest BCUT2D eigenvalue weighted by atomic mass is 79.9. The van der Waals surface area contributed by atoms with E-state index in [0.29, 0.717) is 5.69 Å². The van der Waals surface area contributed by atoms with Crippen LogP contribution in [-0.4, -0.2) is 9.55 Å². The molecule has 1 unspecified atom stereocenters. The van der Waals surface area contributed by atoms with Crippen molar-refractivity contribution < 1.29 is 4.39 Å². The van der Waals surface area contributed by atoms with Crippen LogP contribution in [0, 0.1) is 11.7 Å². The molecule has 1 atom stereocenters. The van der Waals surface area contributed by atoms with Gasteiger partial charge in [0, 0.05) is 10.5 Å². The summed E-state index contributed by atoms with van der Waals surface area (Å²) in [7, 11) is 0. The average molecular weight is 312 g/mol. The van der Waals surface area contributed by atoms with Crippen LogP contribution in [-0.2, 0) is 0 Å². The molecule has 0 saturated carbocycles. The van der Waals surface area contributed by atoms with E-state index < -0.39 is 0 Å². The molecule has 2 aromatic rings. The highest BCUT2D eigenvalue weighted by Crippen LogP contribution is 2.25. The number of hydrogen-bond donors (Lipinski definition) is 1. The Morgan fingerprint density at radius 2 is 2.11 bits per heavy atom. The number of nitrogens with two attached hydrogens (primary N) is 1. The smallest absolute Gasteiger partial charge is 0.147 e. The SMILES string of the molecule is CC(C)C(N)c1cncn1-c1cc(Br)ccc1F. The topological polar surface area (TPSA) is 43.8 Å². The number of rotatable bonds is 3. The summed E-state index contributed by atoms with van der Waals surface area (Å²) in [6.45, 7) is 4.05. The molecule has 18 heavy (non-hydrogen) atoms. The Bertz CT molecular complexity index is 551. The van der Waals surface area contributed by atoms with Crippen molar-refractivity contribution in [2.24, 2.45) is 11.7 Å². The molecular formula is C13H15BrFN3. The van der Waals surface area contributed by atoms with Crippen LogP contribution in [0.4, 0.5) is 4.39 Å². The largest absolute Gasteiger partial charge is 0.322 e. The Kier molecular flexibility index (Phi) is 3.82. The fourth-order valence-corrected chi connectivity index (χ4v) is 2.11. The van der Waals surface area contributed by atoms with Gasteiger partial charge in [-0.2, -0.15) is 0 Å². The number of halogens is 2. The summed E-state index contributed by atoms with van der Waals surface area (Å²) >= 11 is 3.34. The van der Waals surface area contributed by atoms with Gasteiger partial charge >= 0.3 is 0 Å². The lowest BCUT2D eigenvalue weighted by molar-refractivity contribution is 0.494. The molecule has 0 aliphatic carbocycles. The third-order valence-corrected chi connectivity index (χ3v) is 3.39. The average Bonchev–Trinajstić information content (AvgIpc) is 2.80. The number of nitrogens with zero attached hydrogens (tertiary/aromatic N) is 2. The van der Waals surface area contributed by atoms with E-state index >= 15 is 0 Å². The lowest BCUT2D eigenvalue weighted by Gasteiger charge is -2.18. The number of hydrogen-bond acceptors (Lipinski definition) is 2. The van der Waals surface area contributed by atoms with Gasteiger partial charge < -0.3 is 5.73 Å². The Hall–Kier alpha value is -1.20. The predicted molar refractivity (Wildman–Crippen MR) is 73.0 cm³/mol. The van der Waals surface area contributed by atoms with Crippen LogP contribution in [0.3, 0.4) is 0 Å². The summed E-state index contributed by atoms with van der Waals surface area (Å²) < 4.78 is 16.4. The highest BCUT2D eigenvalue weighted by molar-refractivity contribution is 9.10. The summed E-state index contributed by atoms with van der Waals surface area (Å²) in [5, 5.41) is 0. The molecule has 0 bridgehead atoms. The summed E-state index contributed by atoms with van der Waals surface area (Å²) in [5.74, 6) is -0.0379. The first-order valence-corrected chi connectivity index (χ1v) is 6.53. The number of aromatic nitrogens is 2. The minimum atomic E-state index is -0.298. The van der Waals surface area contributed by atoms with E-state index in [0.717, 1.165) is 10.2 Å². The minimum Gasteiger partial charge on any atom is -0.322 e. The van der Waals surface area contributed by atoms with Gasteiger partial charge in [-0.25, -0.2) is 9.37 Å². The van der Waals surface area contributed by atoms with E-state index in [-0.39, 0.29) is 17.8 Å². The van der Waals surface area contributed by atoms with E-state index in [1.165, 1.54) is 6.07 Å². The highest BCUT2D eigenvalue weighted by Gasteiger charge is 2.17. The van der Waals surface area contributed by atoms with Crippen LogP contribution in [0.1, 0.15) is 25.6 Å². The fraction of sp³-hybridized carbons (Fsp3) is 0.308. The van der Waals surface area contributed by atoms with Gasteiger partial charge in [0.2, 0.25) is 0 Å². The molecule has 0 aliphatic heterocycles. The van der Waals surface area contributed by atoms with Gasteiger partial charge in [0.05, 0.1) is 23.9 Å². The number of benzene rings is 1. The first kappa shape index (κ1) is 13.2. The maximum absolute atomic E-state index is 13.9. The Morgan fingerprint density at radius 1 is 1.39 bits per heavy atom. The molecule has 5 heteroatoms. The van der Waals surface area contributed by atoms with Crippen molar-refractivity contribution in [1.82, 2.24) is 9.55 Å². The van der Waals surface area contributed by atoms with Gasteiger partial charge in [-0.3, -0.25) is 4.57 Å². The first-order valence-electron chi connectivity index (χ1n) is 5.74. The van der Waals surface area contributed by atoms with E-state index in [1.54, 1.807) is 29.2 Å². The Balaban J connectivity index is 2.52. The van der Waals surface area contributed by atoms with Crippen LogP contribution in [0.15, 0.2) is 35.2 Å². The maximum atomic E-state index is 13.9. The van der Waals surface area contributed by atoms with Crippen molar-refractivity contribution >= 4 is 15.9 Å². The van der Waals surface area contributed by atoms with Crippen LogP contribution in [0.2, 0.25) is 0 Å². The lowest BCUT2D eigenvalue weighted by Crippen LogP contribution is -2.20. The van der Waals surface area contributed by atoms with Gasteiger partial charge in [0.15, 0.2) is 0 Å². The first-order chi connectivity index (χ1) is 8.50. The van der Waals surface area contributed by atoms with Crippen molar-refractivity contribution in [1.29, 1.82) is 0 Å². The molecule has 2 N–H and O–H groups in total. The zero-order chi connectivity index (χ0) is 13.3. The molecule has 0 saturated heterocycles. The van der Waals surface area contributed by atoms with E-state index in [2.05, 4.69) is 20.9 Å². The molecule has 1 aromatic carbocycles. The molecule has 0 fully saturated rings. The predicted octanol–water partition coefficient (Wildman–Crippen LogP) is 3.43. The Morgan fingerprint density at radius 3 is 2.78 bits per heavy atom. The van der Waals surface area contributed by atoms with E-state index in [9.17, 15) is 4.39 Å². The summed E-state index contributed by atoms with van der Waals surface area (Å²) in [6.07, 6.45) is 3.27. The van der Waals surface area contributed by atoms with Crippen molar-refractivity contribution in [3.8, 4) is 5.69 Å². The van der Waals surface area contributed by atoms with Gasteiger partial charge in [0.25, 0.3) is 0 Å². The molecule has 96 valence electrons. The van der Waals surface area contributed by atoms with E-state index in [1.807, 2.05) is 13.8 Å². The Labute approximate surface area is 114 Å². The molecular weight excluding hydrogens is 297 g/mol. The summed E-state index contributed by atoms with van der Waals surface area (Å²) in [4.78, 5) is 4.07. The zero-order valence-corrected chi connectivity index (χ0v) is 11.9. The second-order valence-corrected chi connectivity index (χ2v) is 5.47. The van der Waals surface area contributed by atoms with Crippen LogP contribution >= 0.6 is 15.9 Å². The van der Waals surface area contributed by atoms with Crippen LogP contribution < -0.4 is 5.73 Å². The summed E-state index contributed by atoms with van der Waals surface area (Å²) in [5.41, 5.74) is 7.37. The molecule has 1 heterocycles. The fourth-order valence-electron chi connectivity index (χ4n) is 1.77. The third-order valence-electron chi connectivity index (χ3n) is 2.89. The third kappa shape index (κ3) is 2.47. The minimum absolute atomic E-state index is 0.175. The lowest BCUT2D eigenvalue weighted by atomic mass is 10.0. The normalized spacial score (nSPS) is 13.0. The van der Waals surface area contributed by atoms with Crippen LogP contribution in [0.5, 0.6) is 0 Å². The standard InChI is InChI=1S/C13H15BrFN3/c1-8(2)13(16)12-6-17-7-18(12)11-5-9(14)3-4-10(11)15/h3-8,13H,16H2,1-2H3. The van der Waals surface area contributed by atoms with Gasteiger partial charge in [-0.05, 0) is 24.1 Å². The molecule has 0 amide bonds. The molecule has 3 nitrogen and oxygen atoms in total. The molecule has 0 aliphatic rings. The van der Waals surface area contributed by atoms with Gasteiger partial charge in [0.1, 0.15) is 5.82 Å². The van der Waals surface area contributed by atoms with Crippen molar-refractivity contribution in [2.45, 2.75) is 19.9 Å². The quantitative estimate of drug-likeness (QED) is 0.943. The van der Waals surface area contributed by atoms with Crippen molar-refractivity contribution in [2.75, 3.05) is 0 Å². The second-order valence-electron chi connectivity index (χ2n) is 4.55. The summed E-state index contributed by atoms with van der Waals surface area (Å²) in [6, 6.07) is 4.63. The monoisotopic (exact) mass is 311 g/mol. The van der Waals surface area contributed by atoms with Crippen LogP contribution in [0.25, 0.3) is 5.69 Å². The van der Waals surface area contributed by atoms with E-state index in [4.69, 9.17) is 5.73 Å². The maximum Gasteiger partial charge on any atom is 0.147 e. The zero-order valence-electron chi connectivity index (χ0n) is 10.3.